The van der Waals surface area contributed by atoms with Crippen molar-refractivity contribution in [3.63, 3.8) is 0 Å². The summed E-state index contributed by atoms with van der Waals surface area (Å²) in [5, 5.41) is 3.53. The molecule has 33 heavy (non-hydrogen) atoms. The number of nitrogens with zero attached hydrogens (tertiary/aromatic N) is 2. The first-order valence-electron chi connectivity index (χ1n) is 10.3. The molecule has 2 heterocycles. The Hall–Kier alpha value is -3.17. The van der Waals surface area contributed by atoms with Gasteiger partial charge in [0, 0.05) is 4.88 Å². The van der Waals surface area contributed by atoms with E-state index in [1.807, 2.05) is 20.8 Å². The van der Waals surface area contributed by atoms with Gasteiger partial charge in [-0.15, -0.1) is 11.3 Å². The summed E-state index contributed by atoms with van der Waals surface area (Å²) in [6.07, 6.45) is 0. The second kappa shape index (κ2) is 9.76. The minimum atomic E-state index is -0.508. The first-order chi connectivity index (χ1) is 15.9. The minimum Gasteiger partial charge on any atom is -0.494 e. The van der Waals surface area contributed by atoms with E-state index in [0.29, 0.717) is 33.4 Å². The fourth-order valence-corrected chi connectivity index (χ4v) is 5.22. The van der Waals surface area contributed by atoms with Gasteiger partial charge in [0.05, 0.1) is 29.1 Å². The summed E-state index contributed by atoms with van der Waals surface area (Å²) in [5.74, 6) is -0.237. The Morgan fingerprint density at radius 1 is 1.18 bits per heavy atom. The van der Waals surface area contributed by atoms with E-state index in [1.54, 1.807) is 36.4 Å². The number of carbonyl (C=O) groups excluding carboxylic acids is 1. The second-order valence-corrected chi connectivity index (χ2v) is 9.39. The van der Waals surface area contributed by atoms with E-state index in [4.69, 9.17) is 9.72 Å². The highest BCUT2D eigenvalue weighted by Gasteiger charge is 2.19. The van der Waals surface area contributed by atoms with Gasteiger partial charge in [0.2, 0.25) is 5.91 Å². The molecule has 9 heteroatoms. The molecule has 2 aromatic carbocycles. The van der Waals surface area contributed by atoms with E-state index in [1.165, 1.54) is 28.0 Å². The topological polar surface area (TPSA) is 73.2 Å². The molecule has 4 rings (SSSR count). The third-order valence-corrected chi connectivity index (χ3v) is 7.10. The van der Waals surface area contributed by atoms with Gasteiger partial charge < -0.3 is 10.1 Å². The molecule has 170 valence electrons. The second-order valence-electron chi connectivity index (χ2n) is 7.24. The van der Waals surface area contributed by atoms with E-state index in [-0.39, 0.29) is 17.0 Å². The summed E-state index contributed by atoms with van der Waals surface area (Å²) >= 11 is 2.58. The molecule has 0 spiro atoms. The fraction of sp³-hybridized carbons (Fsp3) is 0.208. The number of thioether (sulfide) groups is 1. The van der Waals surface area contributed by atoms with Crippen molar-refractivity contribution in [1.29, 1.82) is 0 Å². The summed E-state index contributed by atoms with van der Waals surface area (Å²) in [6.45, 7) is 6.31. The van der Waals surface area contributed by atoms with E-state index in [2.05, 4.69) is 5.32 Å². The monoisotopic (exact) mass is 483 g/mol. The van der Waals surface area contributed by atoms with Crippen molar-refractivity contribution in [2.45, 2.75) is 25.9 Å². The van der Waals surface area contributed by atoms with Crippen LogP contribution in [0.5, 0.6) is 5.75 Å². The zero-order valence-corrected chi connectivity index (χ0v) is 20.0. The van der Waals surface area contributed by atoms with Crippen molar-refractivity contribution >= 4 is 44.9 Å². The number of carbonyl (C=O) groups is 1. The molecule has 4 aromatic rings. The van der Waals surface area contributed by atoms with E-state index in [9.17, 15) is 14.0 Å². The van der Waals surface area contributed by atoms with Crippen molar-refractivity contribution < 1.29 is 13.9 Å². The number of ether oxygens (including phenoxy) is 1. The summed E-state index contributed by atoms with van der Waals surface area (Å²) in [6, 6.07) is 13.1. The number of halogens is 1. The van der Waals surface area contributed by atoms with E-state index >= 15 is 0 Å². The number of thiophene rings is 1. The van der Waals surface area contributed by atoms with Crippen LogP contribution in [0.15, 0.2) is 58.5 Å². The van der Waals surface area contributed by atoms with Crippen LogP contribution >= 0.6 is 23.1 Å². The first-order valence-corrected chi connectivity index (χ1v) is 12.1. The third kappa shape index (κ3) is 4.79. The zero-order chi connectivity index (χ0) is 23.5. The van der Waals surface area contributed by atoms with Gasteiger partial charge in [0.1, 0.15) is 16.4 Å². The average Bonchev–Trinajstić information content (AvgIpc) is 3.08. The molecule has 0 unspecified atom stereocenters. The van der Waals surface area contributed by atoms with Gasteiger partial charge in [-0.25, -0.2) is 9.37 Å². The Balaban J connectivity index is 1.70. The van der Waals surface area contributed by atoms with Crippen LogP contribution in [0.1, 0.15) is 17.4 Å². The van der Waals surface area contributed by atoms with Gasteiger partial charge in [-0.3, -0.25) is 14.2 Å². The smallest absolute Gasteiger partial charge is 0.267 e. The molecule has 2 aromatic heterocycles. The summed E-state index contributed by atoms with van der Waals surface area (Å²) in [7, 11) is 0. The van der Waals surface area contributed by atoms with Crippen LogP contribution in [-0.4, -0.2) is 27.8 Å². The van der Waals surface area contributed by atoms with Crippen LogP contribution in [0.4, 0.5) is 10.1 Å². The normalized spacial score (nSPS) is 11.0. The Morgan fingerprint density at radius 2 is 1.91 bits per heavy atom. The summed E-state index contributed by atoms with van der Waals surface area (Å²) in [4.78, 5) is 32.4. The van der Waals surface area contributed by atoms with Gasteiger partial charge in [0.15, 0.2) is 5.16 Å². The molecule has 0 aliphatic rings. The molecule has 1 N–H and O–H groups in total. The maximum atomic E-state index is 13.9. The van der Waals surface area contributed by atoms with Gasteiger partial charge in [0.25, 0.3) is 5.56 Å². The van der Waals surface area contributed by atoms with Gasteiger partial charge >= 0.3 is 0 Å². The molecule has 0 saturated heterocycles. The molecule has 0 aliphatic carbocycles. The molecular formula is C24H22FN3O3S2. The van der Waals surface area contributed by atoms with Crippen LogP contribution in [0.25, 0.3) is 15.9 Å². The van der Waals surface area contributed by atoms with Crippen molar-refractivity contribution in [2.24, 2.45) is 0 Å². The Bertz CT molecular complexity index is 1380. The lowest BCUT2D eigenvalue weighted by Gasteiger charge is -2.13. The van der Waals surface area contributed by atoms with Crippen molar-refractivity contribution in [2.75, 3.05) is 17.7 Å². The Kier molecular flexibility index (Phi) is 6.80. The standard InChI is InChI=1S/C24H22FN3O3S2/c1-4-31-17-11-9-16(10-12-17)28-23(30)21-14(2)15(3)33-22(21)27-24(28)32-13-20(29)26-19-8-6-5-7-18(19)25/h5-12H,4,13H2,1-3H3,(H,26,29). The average molecular weight is 484 g/mol. The highest BCUT2D eigenvalue weighted by Crippen LogP contribution is 2.30. The molecule has 0 atom stereocenters. The predicted molar refractivity (Wildman–Crippen MR) is 132 cm³/mol. The summed E-state index contributed by atoms with van der Waals surface area (Å²) in [5.41, 5.74) is 1.45. The lowest BCUT2D eigenvalue weighted by molar-refractivity contribution is -0.113. The highest BCUT2D eigenvalue weighted by molar-refractivity contribution is 7.99. The molecule has 0 radical (unpaired) electrons. The number of hydrogen-bond donors (Lipinski definition) is 1. The zero-order valence-electron chi connectivity index (χ0n) is 18.3. The van der Waals surface area contributed by atoms with Gasteiger partial charge in [-0.2, -0.15) is 0 Å². The van der Waals surface area contributed by atoms with Gasteiger partial charge in [-0.05, 0) is 62.7 Å². The number of aromatic nitrogens is 2. The predicted octanol–water partition coefficient (Wildman–Crippen LogP) is 5.33. The SMILES string of the molecule is CCOc1ccc(-n2c(SCC(=O)Nc3ccccc3F)nc3sc(C)c(C)c3c2=O)cc1. The highest BCUT2D eigenvalue weighted by atomic mass is 32.2. The van der Waals surface area contributed by atoms with Gasteiger partial charge in [-0.1, -0.05) is 23.9 Å². The number of fused-ring (bicyclic) bond motifs is 1. The number of anilines is 1. The maximum Gasteiger partial charge on any atom is 0.267 e. The number of hydrogen-bond acceptors (Lipinski definition) is 6. The lowest BCUT2D eigenvalue weighted by Crippen LogP contribution is -2.23. The van der Waals surface area contributed by atoms with Crippen LogP contribution in [-0.2, 0) is 4.79 Å². The number of para-hydroxylation sites is 1. The molecule has 1 amide bonds. The molecule has 0 fully saturated rings. The largest absolute Gasteiger partial charge is 0.494 e. The molecule has 0 saturated carbocycles. The van der Waals surface area contributed by atoms with Crippen molar-refractivity contribution in [1.82, 2.24) is 9.55 Å². The van der Waals surface area contributed by atoms with Crippen LogP contribution in [0.3, 0.4) is 0 Å². The van der Waals surface area contributed by atoms with E-state index in [0.717, 1.165) is 22.2 Å². The number of benzene rings is 2. The molecular weight excluding hydrogens is 461 g/mol. The molecule has 0 bridgehead atoms. The van der Waals surface area contributed by atoms with Crippen LogP contribution < -0.4 is 15.6 Å². The number of nitrogens with one attached hydrogen (secondary N) is 1. The lowest BCUT2D eigenvalue weighted by atomic mass is 10.2. The van der Waals surface area contributed by atoms with E-state index < -0.39 is 11.7 Å². The van der Waals surface area contributed by atoms with Crippen molar-refractivity contribution in [3.05, 3.63) is 75.1 Å². The number of amides is 1. The molecule has 6 nitrogen and oxygen atoms in total. The van der Waals surface area contributed by atoms with Crippen molar-refractivity contribution in [3.8, 4) is 11.4 Å². The van der Waals surface area contributed by atoms with Crippen LogP contribution in [0.2, 0.25) is 0 Å². The first kappa shape index (κ1) is 23.0. The number of rotatable bonds is 7. The maximum absolute atomic E-state index is 13.9. The minimum absolute atomic E-state index is 0.0351. The quantitative estimate of drug-likeness (QED) is 0.284. The fourth-order valence-electron chi connectivity index (χ4n) is 3.34. The number of aryl methyl sites for hydroxylation is 2. The third-order valence-electron chi connectivity index (χ3n) is 5.06. The Labute approximate surface area is 198 Å². The Morgan fingerprint density at radius 3 is 2.61 bits per heavy atom. The van der Waals surface area contributed by atoms with Crippen LogP contribution in [0, 0.1) is 19.7 Å². The molecule has 0 aliphatic heterocycles. The summed E-state index contributed by atoms with van der Waals surface area (Å²) < 4.78 is 20.9.